The fraction of sp³-hybridized carbons (Fsp3) is 0.0833. The quantitative estimate of drug-likeness (QED) is 0.513. The number of benzene rings is 1. The molecule has 1 aromatic heterocycles. The number of nitrogens with zero attached hydrogens (tertiary/aromatic N) is 2. The van der Waals surface area contributed by atoms with Gasteiger partial charge in [-0.1, -0.05) is 23.2 Å². The van der Waals surface area contributed by atoms with Crippen LogP contribution in [0.5, 0.6) is 5.75 Å². The van der Waals surface area contributed by atoms with Gasteiger partial charge in [0.1, 0.15) is 0 Å². The number of nitrogens with one attached hydrogen (secondary N) is 1. The molecule has 7 nitrogen and oxygen atoms in total. The summed E-state index contributed by atoms with van der Waals surface area (Å²) in [7, 11) is 1.39. The number of aromatic hydroxyl groups is 1. The van der Waals surface area contributed by atoms with Gasteiger partial charge in [-0.3, -0.25) is 4.79 Å². The first-order valence-corrected chi connectivity index (χ1v) is 6.36. The lowest BCUT2D eigenvalue weighted by atomic mass is 10.2. The monoisotopic (exact) mass is 329 g/mol. The summed E-state index contributed by atoms with van der Waals surface area (Å²) in [5.74, 6) is -1.20. The summed E-state index contributed by atoms with van der Waals surface area (Å²) in [6.07, 6.45) is 0. The van der Waals surface area contributed by atoms with Crippen LogP contribution in [0.25, 0.3) is 0 Å². The summed E-state index contributed by atoms with van der Waals surface area (Å²) >= 11 is 11.5. The van der Waals surface area contributed by atoms with E-state index in [4.69, 9.17) is 23.2 Å². The first-order valence-electron chi connectivity index (χ1n) is 5.60. The molecule has 0 bridgehead atoms. The normalized spacial score (nSPS) is 10.4. The summed E-state index contributed by atoms with van der Waals surface area (Å²) in [5, 5.41) is 23.1. The van der Waals surface area contributed by atoms with Crippen LogP contribution < -0.4 is 5.32 Å². The second-order valence-electron chi connectivity index (χ2n) is 4.13. The molecule has 1 heterocycles. The number of carbonyl (C=O) groups is 1. The van der Waals surface area contributed by atoms with E-state index in [-0.39, 0.29) is 33.0 Å². The van der Waals surface area contributed by atoms with Gasteiger partial charge in [-0.05, 0) is 23.1 Å². The van der Waals surface area contributed by atoms with E-state index < -0.39 is 10.8 Å². The average molecular weight is 330 g/mol. The number of carbonyl (C=O) groups excluding carboxylic acids is 1. The zero-order valence-electron chi connectivity index (χ0n) is 10.6. The number of hydrogen-bond acceptors (Lipinski definition) is 4. The molecule has 2 rings (SSSR count). The van der Waals surface area contributed by atoms with Crippen LogP contribution in [0.2, 0.25) is 10.0 Å². The van der Waals surface area contributed by atoms with Crippen molar-refractivity contribution >= 4 is 40.6 Å². The minimum absolute atomic E-state index is 0.0151. The standard InChI is InChI=1S/C12H9Cl2N3O4/c1-16-9(2-3-10(16)17(20)21)12(19)15-8-5-6(13)4-7(14)11(8)18/h2-5,18H,1H3,(H,15,19). The number of nitro groups is 1. The second kappa shape index (κ2) is 5.63. The van der Waals surface area contributed by atoms with Crippen molar-refractivity contribution in [3.8, 4) is 5.75 Å². The van der Waals surface area contributed by atoms with Gasteiger partial charge in [0.2, 0.25) is 0 Å². The van der Waals surface area contributed by atoms with Crippen LogP contribution in [0.3, 0.4) is 0 Å². The van der Waals surface area contributed by atoms with Crippen molar-refractivity contribution < 1.29 is 14.8 Å². The van der Waals surface area contributed by atoms with Crippen molar-refractivity contribution in [2.75, 3.05) is 5.32 Å². The third kappa shape index (κ3) is 2.93. The van der Waals surface area contributed by atoms with Crippen LogP contribution in [0.1, 0.15) is 10.5 Å². The van der Waals surface area contributed by atoms with Gasteiger partial charge in [0.05, 0.1) is 17.8 Å². The van der Waals surface area contributed by atoms with Gasteiger partial charge in [-0.2, -0.15) is 0 Å². The number of phenols is 1. The van der Waals surface area contributed by atoms with Crippen LogP contribution in [0.15, 0.2) is 24.3 Å². The maximum atomic E-state index is 12.1. The SMILES string of the molecule is Cn1c(C(=O)Nc2cc(Cl)cc(Cl)c2O)ccc1[N+](=O)[O-]. The molecule has 0 atom stereocenters. The van der Waals surface area contributed by atoms with Gasteiger partial charge in [0.15, 0.2) is 11.4 Å². The molecule has 1 amide bonds. The van der Waals surface area contributed by atoms with E-state index in [1.54, 1.807) is 0 Å². The van der Waals surface area contributed by atoms with Crippen molar-refractivity contribution in [3.63, 3.8) is 0 Å². The largest absolute Gasteiger partial charge is 0.504 e. The molecule has 110 valence electrons. The fourth-order valence-corrected chi connectivity index (χ4v) is 2.25. The van der Waals surface area contributed by atoms with E-state index in [1.807, 2.05) is 0 Å². The smallest absolute Gasteiger partial charge is 0.323 e. The molecule has 0 aliphatic rings. The zero-order chi connectivity index (χ0) is 15.7. The summed E-state index contributed by atoms with van der Waals surface area (Å²) in [4.78, 5) is 22.2. The van der Waals surface area contributed by atoms with E-state index in [0.717, 1.165) is 4.57 Å². The Morgan fingerprint density at radius 1 is 1.38 bits per heavy atom. The van der Waals surface area contributed by atoms with E-state index in [0.29, 0.717) is 0 Å². The maximum absolute atomic E-state index is 12.1. The van der Waals surface area contributed by atoms with Gasteiger partial charge in [0.25, 0.3) is 5.91 Å². The van der Waals surface area contributed by atoms with Gasteiger partial charge < -0.3 is 20.5 Å². The molecule has 9 heteroatoms. The van der Waals surface area contributed by atoms with Crippen molar-refractivity contribution in [2.24, 2.45) is 7.05 Å². The molecule has 0 unspecified atom stereocenters. The first-order chi connectivity index (χ1) is 9.81. The van der Waals surface area contributed by atoms with Crippen molar-refractivity contribution in [3.05, 3.63) is 50.1 Å². The van der Waals surface area contributed by atoms with Crippen LogP contribution in [0.4, 0.5) is 11.5 Å². The van der Waals surface area contributed by atoms with E-state index in [1.165, 1.54) is 31.3 Å². The Kier molecular flexibility index (Phi) is 4.06. The van der Waals surface area contributed by atoms with E-state index in [9.17, 15) is 20.0 Å². The number of amides is 1. The Morgan fingerprint density at radius 3 is 2.62 bits per heavy atom. The number of aromatic nitrogens is 1. The summed E-state index contributed by atoms with van der Waals surface area (Å²) in [5.41, 5.74) is 0.0681. The Balaban J connectivity index is 2.33. The molecule has 0 aliphatic heterocycles. The van der Waals surface area contributed by atoms with Crippen LogP contribution >= 0.6 is 23.2 Å². The van der Waals surface area contributed by atoms with E-state index >= 15 is 0 Å². The lowest BCUT2D eigenvalue weighted by molar-refractivity contribution is -0.391. The topological polar surface area (TPSA) is 97.4 Å². The maximum Gasteiger partial charge on any atom is 0.323 e. The highest BCUT2D eigenvalue weighted by Crippen LogP contribution is 2.35. The molecular formula is C12H9Cl2N3O4. The Bertz CT molecular complexity index is 742. The van der Waals surface area contributed by atoms with E-state index in [2.05, 4.69) is 5.32 Å². The molecule has 0 fully saturated rings. The third-order valence-electron chi connectivity index (χ3n) is 2.79. The summed E-state index contributed by atoms with van der Waals surface area (Å²) in [6.45, 7) is 0. The highest BCUT2D eigenvalue weighted by Gasteiger charge is 2.21. The van der Waals surface area contributed by atoms with Gasteiger partial charge in [-0.25, -0.2) is 4.57 Å². The van der Waals surface area contributed by atoms with Gasteiger partial charge in [-0.15, -0.1) is 0 Å². The van der Waals surface area contributed by atoms with Crippen molar-refractivity contribution in [1.29, 1.82) is 0 Å². The van der Waals surface area contributed by atoms with Crippen LogP contribution in [-0.4, -0.2) is 20.5 Å². The minimum atomic E-state index is -0.640. The lowest BCUT2D eigenvalue weighted by Crippen LogP contribution is -2.16. The van der Waals surface area contributed by atoms with Gasteiger partial charge >= 0.3 is 5.82 Å². The van der Waals surface area contributed by atoms with Crippen molar-refractivity contribution in [1.82, 2.24) is 4.57 Å². The predicted molar refractivity (Wildman–Crippen MR) is 78.1 cm³/mol. The molecular weight excluding hydrogens is 321 g/mol. The lowest BCUT2D eigenvalue weighted by Gasteiger charge is -2.08. The Labute approximate surface area is 128 Å². The molecule has 21 heavy (non-hydrogen) atoms. The van der Waals surface area contributed by atoms with Crippen molar-refractivity contribution in [2.45, 2.75) is 0 Å². The van der Waals surface area contributed by atoms with Gasteiger partial charge in [0, 0.05) is 11.1 Å². The fourth-order valence-electron chi connectivity index (χ4n) is 1.76. The highest BCUT2D eigenvalue weighted by molar-refractivity contribution is 6.36. The number of anilines is 1. The molecule has 0 spiro atoms. The second-order valence-corrected chi connectivity index (χ2v) is 4.97. The molecule has 0 radical (unpaired) electrons. The number of phenolic OH excluding ortho intramolecular Hbond substituents is 1. The molecule has 0 saturated carbocycles. The minimum Gasteiger partial charge on any atom is -0.504 e. The molecule has 0 saturated heterocycles. The predicted octanol–water partition coefficient (Wildman–Crippen LogP) is 3.20. The van der Waals surface area contributed by atoms with Crippen LogP contribution in [0, 0.1) is 10.1 Å². The average Bonchev–Trinajstić information content (AvgIpc) is 2.77. The Morgan fingerprint density at radius 2 is 2.05 bits per heavy atom. The number of rotatable bonds is 3. The van der Waals surface area contributed by atoms with Crippen LogP contribution in [-0.2, 0) is 7.05 Å². The Hall–Kier alpha value is -2.25. The molecule has 2 aromatic rings. The molecule has 1 aromatic carbocycles. The summed E-state index contributed by atoms with van der Waals surface area (Å²) < 4.78 is 1.12. The number of halogens is 2. The molecule has 2 N–H and O–H groups in total. The first kappa shape index (κ1) is 15.1. The third-order valence-corrected chi connectivity index (χ3v) is 3.30. The molecule has 0 aliphatic carbocycles. The summed E-state index contributed by atoms with van der Waals surface area (Å²) in [6, 6.07) is 5.15. The zero-order valence-corrected chi connectivity index (χ0v) is 12.1. The highest BCUT2D eigenvalue weighted by atomic mass is 35.5. The number of hydrogen-bond donors (Lipinski definition) is 2.